The number of likely N-dealkylation sites (tertiary alicyclic amines) is 1. The molecule has 4 rings (SSSR count). The van der Waals surface area contributed by atoms with E-state index in [0.717, 1.165) is 25.1 Å². The fourth-order valence-corrected chi connectivity index (χ4v) is 4.23. The molecule has 2 aromatic rings. The van der Waals surface area contributed by atoms with Gasteiger partial charge in [0.05, 0.1) is 11.7 Å². The van der Waals surface area contributed by atoms with Gasteiger partial charge in [-0.3, -0.25) is 19.5 Å². The molecule has 2 amide bonds. The van der Waals surface area contributed by atoms with E-state index in [4.69, 9.17) is 0 Å². The van der Waals surface area contributed by atoms with Gasteiger partial charge in [0.1, 0.15) is 5.69 Å². The van der Waals surface area contributed by atoms with E-state index in [2.05, 4.69) is 28.8 Å². The van der Waals surface area contributed by atoms with Crippen LogP contribution in [0, 0.1) is 0 Å². The van der Waals surface area contributed by atoms with E-state index in [1.807, 2.05) is 28.1 Å². The lowest BCUT2D eigenvalue weighted by Crippen LogP contribution is -2.59. The van der Waals surface area contributed by atoms with E-state index in [1.165, 1.54) is 0 Å². The quantitative estimate of drug-likeness (QED) is 0.782. The summed E-state index contributed by atoms with van der Waals surface area (Å²) in [4.78, 5) is 36.1. The molecule has 8 nitrogen and oxygen atoms in total. The Kier molecular flexibility index (Phi) is 5.62. The van der Waals surface area contributed by atoms with Crippen molar-refractivity contribution in [3.8, 4) is 5.69 Å². The van der Waals surface area contributed by atoms with Crippen LogP contribution < -0.4 is 0 Å². The minimum atomic E-state index is -0.0718. The molecule has 4 heterocycles. The topological polar surface area (TPSA) is 74.6 Å². The van der Waals surface area contributed by atoms with Crippen LogP contribution in [-0.2, 0) is 4.79 Å². The first kappa shape index (κ1) is 19.6. The van der Waals surface area contributed by atoms with Crippen LogP contribution in [0.2, 0.25) is 0 Å². The molecule has 0 radical (unpaired) electrons. The summed E-state index contributed by atoms with van der Waals surface area (Å²) in [5.41, 5.74) is 1.24. The summed E-state index contributed by atoms with van der Waals surface area (Å²) < 4.78 is 1.71. The van der Waals surface area contributed by atoms with Gasteiger partial charge < -0.3 is 9.80 Å². The third kappa shape index (κ3) is 4.03. The van der Waals surface area contributed by atoms with Crippen LogP contribution >= 0.6 is 0 Å². The lowest BCUT2D eigenvalue weighted by Gasteiger charge is -2.43. The monoisotopic (exact) mass is 396 g/mol. The number of hydrogen-bond donors (Lipinski definition) is 0. The first-order chi connectivity index (χ1) is 14.0. The van der Waals surface area contributed by atoms with E-state index in [1.54, 1.807) is 23.1 Å². The summed E-state index contributed by atoms with van der Waals surface area (Å²) in [6.07, 6.45) is 7.13. The molecule has 0 spiro atoms. The number of amides is 2. The van der Waals surface area contributed by atoms with Gasteiger partial charge in [-0.25, -0.2) is 4.68 Å². The van der Waals surface area contributed by atoms with Crippen LogP contribution in [0.15, 0.2) is 36.8 Å². The highest BCUT2D eigenvalue weighted by molar-refractivity contribution is 5.93. The van der Waals surface area contributed by atoms with Crippen molar-refractivity contribution in [3.05, 3.63) is 42.5 Å². The van der Waals surface area contributed by atoms with Gasteiger partial charge in [-0.05, 0) is 44.9 Å². The highest BCUT2D eigenvalue weighted by Gasteiger charge is 2.36. The Labute approximate surface area is 171 Å². The maximum atomic E-state index is 13.0. The highest BCUT2D eigenvalue weighted by Crippen LogP contribution is 2.21. The fraction of sp³-hybridized carbons (Fsp3) is 0.524. The lowest BCUT2D eigenvalue weighted by atomic mass is 10.0. The largest absolute Gasteiger partial charge is 0.339 e. The van der Waals surface area contributed by atoms with Crippen molar-refractivity contribution in [1.29, 1.82) is 0 Å². The van der Waals surface area contributed by atoms with Crippen molar-refractivity contribution in [1.82, 2.24) is 29.5 Å². The van der Waals surface area contributed by atoms with Crippen molar-refractivity contribution >= 4 is 11.8 Å². The van der Waals surface area contributed by atoms with Crippen LogP contribution in [0.3, 0.4) is 0 Å². The molecule has 29 heavy (non-hydrogen) atoms. The lowest BCUT2D eigenvalue weighted by molar-refractivity contribution is -0.142. The van der Waals surface area contributed by atoms with Gasteiger partial charge in [0, 0.05) is 57.4 Å². The molecule has 2 fully saturated rings. The zero-order chi connectivity index (χ0) is 20.4. The van der Waals surface area contributed by atoms with E-state index >= 15 is 0 Å². The fourth-order valence-electron chi connectivity index (χ4n) is 4.23. The molecular formula is C21H28N6O2. The number of pyridine rings is 1. The average Bonchev–Trinajstić information content (AvgIpc) is 3.28. The van der Waals surface area contributed by atoms with Crippen molar-refractivity contribution in [2.45, 2.75) is 38.8 Å². The first-order valence-electron chi connectivity index (χ1n) is 10.3. The molecule has 2 aromatic heterocycles. The molecule has 0 unspecified atom stereocenters. The SMILES string of the molecule is CC(C)N1CCC[C@@H](N2CCN(C(=O)c3cc(-n4cccn4)ccn3)CC2)C1=O. The minimum Gasteiger partial charge on any atom is -0.339 e. The molecule has 0 bridgehead atoms. The van der Waals surface area contributed by atoms with Crippen LogP contribution in [0.25, 0.3) is 5.69 Å². The van der Waals surface area contributed by atoms with E-state index in [-0.39, 0.29) is 23.9 Å². The van der Waals surface area contributed by atoms with Gasteiger partial charge in [-0.1, -0.05) is 0 Å². The second-order valence-corrected chi connectivity index (χ2v) is 7.96. The molecule has 2 aliphatic heterocycles. The molecule has 0 saturated carbocycles. The molecule has 0 N–H and O–H groups in total. The number of carbonyl (C=O) groups excluding carboxylic acids is 2. The number of piperazine rings is 1. The molecule has 2 aliphatic rings. The normalized spacial score (nSPS) is 21.1. The number of aromatic nitrogens is 3. The van der Waals surface area contributed by atoms with Gasteiger partial charge in [-0.15, -0.1) is 0 Å². The van der Waals surface area contributed by atoms with E-state index in [9.17, 15) is 9.59 Å². The second-order valence-electron chi connectivity index (χ2n) is 7.96. The molecule has 2 saturated heterocycles. The zero-order valence-electron chi connectivity index (χ0n) is 17.1. The predicted molar refractivity (Wildman–Crippen MR) is 109 cm³/mol. The maximum Gasteiger partial charge on any atom is 0.272 e. The highest BCUT2D eigenvalue weighted by atomic mass is 16.2. The van der Waals surface area contributed by atoms with E-state index in [0.29, 0.717) is 31.9 Å². The zero-order valence-corrected chi connectivity index (χ0v) is 17.1. The Morgan fingerprint density at radius 1 is 1.14 bits per heavy atom. The number of carbonyl (C=O) groups is 2. The van der Waals surface area contributed by atoms with Crippen molar-refractivity contribution in [3.63, 3.8) is 0 Å². The molecule has 8 heteroatoms. The summed E-state index contributed by atoms with van der Waals surface area (Å²) in [5.74, 6) is 0.164. The number of rotatable bonds is 4. The summed E-state index contributed by atoms with van der Waals surface area (Å²) in [7, 11) is 0. The van der Waals surface area contributed by atoms with Crippen LogP contribution in [0.1, 0.15) is 37.2 Å². The van der Waals surface area contributed by atoms with Crippen molar-refractivity contribution in [2.24, 2.45) is 0 Å². The Morgan fingerprint density at radius 3 is 2.62 bits per heavy atom. The van der Waals surface area contributed by atoms with Crippen molar-refractivity contribution < 1.29 is 9.59 Å². The Morgan fingerprint density at radius 2 is 1.93 bits per heavy atom. The molecular weight excluding hydrogens is 368 g/mol. The summed E-state index contributed by atoms with van der Waals surface area (Å²) in [6, 6.07) is 5.63. The van der Waals surface area contributed by atoms with Crippen LogP contribution in [0.4, 0.5) is 0 Å². The van der Waals surface area contributed by atoms with Crippen LogP contribution in [-0.4, -0.2) is 86.1 Å². The Bertz CT molecular complexity index is 858. The van der Waals surface area contributed by atoms with Gasteiger partial charge in [0.25, 0.3) is 5.91 Å². The molecule has 1 atom stereocenters. The Hall–Kier alpha value is -2.74. The third-order valence-corrected chi connectivity index (χ3v) is 5.84. The Balaban J connectivity index is 1.39. The second kappa shape index (κ2) is 8.32. The van der Waals surface area contributed by atoms with Crippen molar-refractivity contribution in [2.75, 3.05) is 32.7 Å². The van der Waals surface area contributed by atoms with Gasteiger partial charge in [-0.2, -0.15) is 5.10 Å². The summed E-state index contributed by atoms with van der Waals surface area (Å²) in [5, 5.41) is 4.21. The van der Waals surface area contributed by atoms with Crippen LogP contribution in [0.5, 0.6) is 0 Å². The average molecular weight is 396 g/mol. The smallest absolute Gasteiger partial charge is 0.272 e. The number of piperidine rings is 1. The molecule has 154 valence electrons. The van der Waals surface area contributed by atoms with E-state index < -0.39 is 0 Å². The third-order valence-electron chi connectivity index (χ3n) is 5.84. The number of nitrogens with zero attached hydrogens (tertiary/aromatic N) is 6. The maximum absolute atomic E-state index is 13.0. The van der Waals surface area contributed by atoms with Gasteiger partial charge in [0.2, 0.25) is 5.91 Å². The summed E-state index contributed by atoms with van der Waals surface area (Å²) >= 11 is 0. The van der Waals surface area contributed by atoms with Gasteiger partial charge in [0.15, 0.2) is 0 Å². The predicted octanol–water partition coefficient (Wildman–Crippen LogP) is 1.42. The molecule has 0 aromatic carbocycles. The summed E-state index contributed by atoms with van der Waals surface area (Å²) in [6.45, 7) is 7.64. The standard InChI is InChI=1S/C21H28N6O2/c1-16(2)26-9-3-5-19(21(26)29)24-11-13-25(14-12-24)20(28)18-15-17(6-8-22-18)27-10-4-7-23-27/h4,6-8,10,15-16,19H,3,5,9,11-14H2,1-2H3/t19-/m1/s1. The van der Waals surface area contributed by atoms with Gasteiger partial charge >= 0.3 is 0 Å². The minimum absolute atomic E-state index is 0.0512. The number of hydrogen-bond acceptors (Lipinski definition) is 5. The molecule has 0 aliphatic carbocycles. The first-order valence-corrected chi connectivity index (χ1v) is 10.3.